The summed E-state index contributed by atoms with van der Waals surface area (Å²) in [5, 5.41) is 0. The average molecular weight is 446 g/mol. The highest BCUT2D eigenvalue weighted by Crippen LogP contribution is 2.28. The number of benzene rings is 2. The summed E-state index contributed by atoms with van der Waals surface area (Å²) in [7, 11) is -0.338. The number of carbonyl (C=O) groups excluding carboxylic acids is 1. The quantitative estimate of drug-likeness (QED) is 0.618. The number of aryl methyl sites for hydroxylation is 2. The summed E-state index contributed by atoms with van der Waals surface area (Å²) in [4.78, 5) is 18.0. The molecule has 0 spiro atoms. The standard InChI is InChI=1S/C21H23N3O4S2/c1-14-9-11-15(12-10-14)30(26,27)24-13-5-6-16(24)20(25)22-21-23(2)19-17(28-3)7-4-8-18(19)29-21/h4,7-12,16H,5-6,13H2,1-3H3/t16-/m0/s1. The van der Waals surface area contributed by atoms with Crippen LogP contribution in [0.1, 0.15) is 18.4 Å². The number of fused-ring (bicyclic) bond motifs is 1. The van der Waals surface area contributed by atoms with E-state index in [2.05, 4.69) is 4.99 Å². The van der Waals surface area contributed by atoms with Crippen molar-refractivity contribution in [1.82, 2.24) is 8.87 Å². The Balaban J connectivity index is 1.70. The SMILES string of the molecule is COc1cccc2sc(=NC(=O)[C@@H]3CCCN3S(=O)(=O)c3ccc(C)cc3)n(C)c12. The summed E-state index contributed by atoms with van der Waals surface area (Å²) in [6.07, 6.45) is 1.09. The zero-order valence-corrected chi connectivity index (χ0v) is 18.7. The number of rotatable bonds is 4. The molecule has 1 aliphatic rings. The molecule has 0 saturated carbocycles. The van der Waals surface area contributed by atoms with Gasteiger partial charge in [-0.05, 0) is 44.0 Å². The number of para-hydroxylation sites is 1. The predicted octanol–water partition coefficient (Wildman–Crippen LogP) is 2.84. The lowest BCUT2D eigenvalue weighted by atomic mass is 10.2. The van der Waals surface area contributed by atoms with Crippen LogP contribution in [0, 0.1) is 6.92 Å². The Morgan fingerprint density at radius 2 is 1.93 bits per heavy atom. The van der Waals surface area contributed by atoms with E-state index in [0.717, 1.165) is 15.8 Å². The Hall–Kier alpha value is -2.49. The molecule has 1 atom stereocenters. The third-order valence-electron chi connectivity index (χ3n) is 5.33. The van der Waals surface area contributed by atoms with Crippen LogP contribution < -0.4 is 9.54 Å². The number of hydrogen-bond donors (Lipinski definition) is 0. The van der Waals surface area contributed by atoms with E-state index in [-0.39, 0.29) is 4.90 Å². The number of nitrogens with zero attached hydrogens (tertiary/aromatic N) is 3. The molecule has 7 nitrogen and oxygen atoms in total. The Labute approximate surface area is 179 Å². The molecule has 3 aromatic rings. The molecule has 2 heterocycles. The van der Waals surface area contributed by atoms with E-state index in [1.165, 1.54) is 15.6 Å². The molecule has 0 bridgehead atoms. The van der Waals surface area contributed by atoms with E-state index in [1.54, 1.807) is 31.4 Å². The minimum atomic E-state index is -3.76. The number of ether oxygens (including phenoxy) is 1. The zero-order valence-electron chi connectivity index (χ0n) is 17.0. The third kappa shape index (κ3) is 3.57. The second kappa shape index (κ2) is 7.98. The Morgan fingerprint density at radius 3 is 2.63 bits per heavy atom. The van der Waals surface area contributed by atoms with Gasteiger partial charge < -0.3 is 9.30 Å². The minimum Gasteiger partial charge on any atom is -0.495 e. The van der Waals surface area contributed by atoms with Crippen molar-refractivity contribution in [2.45, 2.75) is 30.7 Å². The van der Waals surface area contributed by atoms with Crippen molar-refractivity contribution in [2.75, 3.05) is 13.7 Å². The number of amides is 1. The summed E-state index contributed by atoms with van der Waals surface area (Å²) in [5.74, 6) is 0.258. The number of sulfonamides is 1. The van der Waals surface area contributed by atoms with Crippen molar-refractivity contribution in [3.63, 3.8) is 0 Å². The number of methoxy groups -OCH3 is 1. The highest BCUT2D eigenvalue weighted by molar-refractivity contribution is 7.89. The van der Waals surface area contributed by atoms with Crippen LogP contribution in [0.15, 0.2) is 52.4 Å². The molecule has 0 radical (unpaired) electrons. The van der Waals surface area contributed by atoms with Gasteiger partial charge in [-0.2, -0.15) is 9.30 Å². The lowest BCUT2D eigenvalue weighted by Gasteiger charge is -2.21. The average Bonchev–Trinajstić information content (AvgIpc) is 3.34. The maximum Gasteiger partial charge on any atom is 0.266 e. The lowest BCUT2D eigenvalue weighted by Crippen LogP contribution is -2.40. The van der Waals surface area contributed by atoms with Gasteiger partial charge in [-0.3, -0.25) is 4.79 Å². The van der Waals surface area contributed by atoms with E-state index >= 15 is 0 Å². The fraction of sp³-hybridized carbons (Fsp3) is 0.333. The Morgan fingerprint density at radius 1 is 1.20 bits per heavy atom. The third-order valence-corrected chi connectivity index (χ3v) is 8.35. The first kappa shape index (κ1) is 20.8. The fourth-order valence-electron chi connectivity index (χ4n) is 3.73. The molecule has 0 unspecified atom stereocenters. The monoisotopic (exact) mass is 445 g/mol. The van der Waals surface area contributed by atoms with Gasteiger partial charge in [-0.25, -0.2) is 8.42 Å². The van der Waals surface area contributed by atoms with Crippen LogP contribution in [-0.4, -0.2) is 42.9 Å². The normalized spacial score (nSPS) is 18.2. The molecule has 1 aliphatic heterocycles. The Kier molecular flexibility index (Phi) is 5.52. The van der Waals surface area contributed by atoms with E-state index in [4.69, 9.17) is 4.74 Å². The van der Waals surface area contributed by atoms with Crippen molar-refractivity contribution < 1.29 is 17.9 Å². The summed E-state index contributed by atoms with van der Waals surface area (Å²) in [5.41, 5.74) is 1.83. The maximum absolute atomic E-state index is 13.1. The van der Waals surface area contributed by atoms with Gasteiger partial charge in [0.2, 0.25) is 10.0 Å². The van der Waals surface area contributed by atoms with Crippen LogP contribution in [0.2, 0.25) is 0 Å². The van der Waals surface area contributed by atoms with Crippen molar-refractivity contribution in [3.05, 3.63) is 52.8 Å². The highest BCUT2D eigenvalue weighted by atomic mass is 32.2. The summed E-state index contributed by atoms with van der Waals surface area (Å²) in [6, 6.07) is 11.6. The smallest absolute Gasteiger partial charge is 0.266 e. The molecule has 1 aromatic heterocycles. The molecule has 1 amide bonds. The lowest BCUT2D eigenvalue weighted by molar-refractivity contribution is -0.121. The molecule has 30 heavy (non-hydrogen) atoms. The zero-order chi connectivity index (χ0) is 21.5. The molecule has 1 saturated heterocycles. The summed E-state index contributed by atoms with van der Waals surface area (Å²) < 4.78 is 35.7. The minimum absolute atomic E-state index is 0.199. The molecular weight excluding hydrogens is 422 g/mol. The van der Waals surface area contributed by atoms with Gasteiger partial charge in [0.05, 0.1) is 16.7 Å². The molecule has 2 aromatic carbocycles. The number of carbonyl (C=O) groups is 1. The van der Waals surface area contributed by atoms with Crippen LogP contribution in [0.4, 0.5) is 0 Å². The molecule has 158 valence electrons. The summed E-state index contributed by atoms with van der Waals surface area (Å²) in [6.45, 7) is 2.21. The molecule has 9 heteroatoms. The number of aromatic nitrogens is 1. The first-order chi connectivity index (χ1) is 14.3. The van der Waals surface area contributed by atoms with Gasteiger partial charge in [-0.1, -0.05) is 35.1 Å². The van der Waals surface area contributed by atoms with E-state index < -0.39 is 22.0 Å². The summed E-state index contributed by atoms with van der Waals surface area (Å²) >= 11 is 1.37. The van der Waals surface area contributed by atoms with Crippen molar-refractivity contribution >= 4 is 37.5 Å². The van der Waals surface area contributed by atoms with E-state index in [1.807, 2.05) is 36.7 Å². The highest BCUT2D eigenvalue weighted by Gasteiger charge is 2.39. The molecule has 4 rings (SSSR count). The van der Waals surface area contributed by atoms with Gasteiger partial charge >= 0.3 is 0 Å². The van der Waals surface area contributed by atoms with Crippen molar-refractivity contribution in [2.24, 2.45) is 12.0 Å². The topological polar surface area (TPSA) is 81.0 Å². The van der Waals surface area contributed by atoms with Gasteiger partial charge in [0, 0.05) is 13.6 Å². The molecular formula is C21H23N3O4S2. The van der Waals surface area contributed by atoms with E-state index in [0.29, 0.717) is 29.9 Å². The first-order valence-corrected chi connectivity index (χ1v) is 11.9. The number of hydrogen-bond acceptors (Lipinski definition) is 5. The molecule has 1 fully saturated rings. The molecule has 0 N–H and O–H groups in total. The van der Waals surface area contributed by atoms with Crippen LogP contribution in [-0.2, 0) is 21.9 Å². The largest absolute Gasteiger partial charge is 0.495 e. The van der Waals surface area contributed by atoms with Gasteiger partial charge in [0.1, 0.15) is 17.3 Å². The van der Waals surface area contributed by atoms with Gasteiger partial charge in [-0.15, -0.1) is 0 Å². The van der Waals surface area contributed by atoms with Crippen molar-refractivity contribution in [3.8, 4) is 5.75 Å². The van der Waals surface area contributed by atoms with Crippen molar-refractivity contribution in [1.29, 1.82) is 0 Å². The molecule has 0 aliphatic carbocycles. The van der Waals surface area contributed by atoms with Crippen LogP contribution in [0.5, 0.6) is 5.75 Å². The predicted molar refractivity (Wildman–Crippen MR) is 116 cm³/mol. The second-order valence-corrected chi connectivity index (χ2v) is 10.2. The fourth-order valence-corrected chi connectivity index (χ4v) is 6.42. The van der Waals surface area contributed by atoms with Gasteiger partial charge in [0.15, 0.2) is 4.80 Å². The van der Waals surface area contributed by atoms with Gasteiger partial charge in [0.25, 0.3) is 5.91 Å². The van der Waals surface area contributed by atoms with Crippen LogP contribution >= 0.6 is 11.3 Å². The van der Waals surface area contributed by atoms with Crippen LogP contribution in [0.3, 0.4) is 0 Å². The maximum atomic E-state index is 13.1. The van der Waals surface area contributed by atoms with E-state index in [9.17, 15) is 13.2 Å². The first-order valence-electron chi connectivity index (χ1n) is 9.62. The Bertz CT molecular complexity index is 1270. The second-order valence-electron chi connectivity index (χ2n) is 7.29. The van der Waals surface area contributed by atoms with Crippen LogP contribution in [0.25, 0.3) is 10.2 Å². The number of thiazole rings is 1.